The highest BCUT2D eigenvalue weighted by Gasteiger charge is 2.17. The quantitative estimate of drug-likeness (QED) is 0.809. The van der Waals surface area contributed by atoms with Crippen molar-refractivity contribution < 1.29 is 4.79 Å². The second-order valence-electron chi connectivity index (χ2n) is 6.91. The minimum absolute atomic E-state index is 0.176. The Labute approximate surface area is 150 Å². The maximum atomic E-state index is 12.3. The van der Waals surface area contributed by atoms with Gasteiger partial charge < -0.3 is 10.6 Å². The number of carbonyl (C=O) groups is 1. The van der Waals surface area contributed by atoms with Crippen molar-refractivity contribution in [1.82, 2.24) is 10.6 Å². The van der Waals surface area contributed by atoms with E-state index in [-0.39, 0.29) is 11.8 Å². The number of amides is 1. The molecule has 0 saturated carbocycles. The summed E-state index contributed by atoms with van der Waals surface area (Å²) in [5, 5.41) is 6.54. The van der Waals surface area contributed by atoms with E-state index in [0.29, 0.717) is 18.9 Å². The van der Waals surface area contributed by atoms with E-state index < -0.39 is 0 Å². The molecule has 0 bridgehead atoms. The first kappa shape index (κ1) is 17.7. The van der Waals surface area contributed by atoms with Gasteiger partial charge >= 0.3 is 0 Å². The van der Waals surface area contributed by atoms with Crippen LogP contribution in [0.1, 0.15) is 42.7 Å². The van der Waals surface area contributed by atoms with E-state index in [1.807, 2.05) is 12.1 Å². The molecular formula is C22H28N2O. The summed E-state index contributed by atoms with van der Waals surface area (Å²) in [7, 11) is 0. The smallest absolute Gasteiger partial charge is 0.220 e. The Morgan fingerprint density at radius 3 is 2.08 bits per heavy atom. The minimum Gasteiger partial charge on any atom is -0.355 e. The molecule has 0 aromatic heterocycles. The number of hydrogen-bond acceptors (Lipinski definition) is 2. The average molecular weight is 336 g/mol. The van der Waals surface area contributed by atoms with Crippen LogP contribution >= 0.6 is 0 Å². The summed E-state index contributed by atoms with van der Waals surface area (Å²) in [6, 6.07) is 20.9. The van der Waals surface area contributed by atoms with Crippen LogP contribution in [0.3, 0.4) is 0 Å². The molecule has 0 unspecified atom stereocenters. The number of benzene rings is 2. The predicted octanol–water partition coefficient (Wildman–Crippen LogP) is 3.71. The first-order valence-corrected chi connectivity index (χ1v) is 9.40. The van der Waals surface area contributed by atoms with Crippen molar-refractivity contribution >= 4 is 5.91 Å². The van der Waals surface area contributed by atoms with Crippen LogP contribution in [-0.4, -0.2) is 25.5 Å². The van der Waals surface area contributed by atoms with Gasteiger partial charge in [-0.2, -0.15) is 0 Å². The van der Waals surface area contributed by atoms with Crippen LogP contribution in [0, 0.1) is 5.92 Å². The third-order valence-electron chi connectivity index (χ3n) is 5.15. The van der Waals surface area contributed by atoms with E-state index in [2.05, 4.69) is 59.2 Å². The van der Waals surface area contributed by atoms with Gasteiger partial charge in [-0.3, -0.25) is 4.79 Å². The normalized spacial score (nSPS) is 15.2. The van der Waals surface area contributed by atoms with Gasteiger partial charge in [0.1, 0.15) is 0 Å². The van der Waals surface area contributed by atoms with Gasteiger partial charge in [0, 0.05) is 18.9 Å². The number of hydrogen-bond donors (Lipinski definition) is 2. The van der Waals surface area contributed by atoms with E-state index in [1.165, 1.54) is 24.0 Å². The van der Waals surface area contributed by atoms with Gasteiger partial charge in [0.25, 0.3) is 0 Å². The molecule has 1 saturated heterocycles. The van der Waals surface area contributed by atoms with Gasteiger partial charge in [0.2, 0.25) is 5.91 Å². The molecule has 0 radical (unpaired) electrons. The fourth-order valence-corrected chi connectivity index (χ4v) is 3.61. The molecule has 1 aliphatic rings. The van der Waals surface area contributed by atoms with E-state index in [4.69, 9.17) is 0 Å². The van der Waals surface area contributed by atoms with Gasteiger partial charge in [-0.15, -0.1) is 0 Å². The maximum Gasteiger partial charge on any atom is 0.220 e. The molecule has 3 heteroatoms. The van der Waals surface area contributed by atoms with Crippen LogP contribution in [0.4, 0.5) is 0 Å². The zero-order chi connectivity index (χ0) is 17.3. The lowest BCUT2D eigenvalue weighted by Crippen LogP contribution is -2.31. The molecule has 1 aliphatic heterocycles. The summed E-state index contributed by atoms with van der Waals surface area (Å²) in [5.74, 6) is 1.08. The first-order chi connectivity index (χ1) is 12.3. The van der Waals surface area contributed by atoms with Crippen LogP contribution in [0.25, 0.3) is 0 Å². The summed E-state index contributed by atoms with van der Waals surface area (Å²) >= 11 is 0. The molecule has 1 amide bonds. The van der Waals surface area contributed by atoms with Crippen LogP contribution in [-0.2, 0) is 4.79 Å². The molecule has 2 N–H and O–H groups in total. The van der Waals surface area contributed by atoms with Gasteiger partial charge in [0.05, 0.1) is 0 Å². The van der Waals surface area contributed by atoms with Crippen molar-refractivity contribution in [3.05, 3.63) is 71.8 Å². The Balaban J connectivity index is 1.56. The number of rotatable bonds is 7. The molecule has 2 aromatic carbocycles. The molecule has 0 atom stereocenters. The number of carbonyl (C=O) groups excluding carboxylic acids is 1. The van der Waals surface area contributed by atoms with Crippen LogP contribution in [0.5, 0.6) is 0 Å². The van der Waals surface area contributed by atoms with Crippen molar-refractivity contribution in [2.75, 3.05) is 19.6 Å². The highest BCUT2D eigenvalue weighted by Crippen LogP contribution is 2.24. The molecule has 2 aromatic rings. The number of nitrogens with one attached hydrogen (secondary N) is 2. The molecule has 132 valence electrons. The lowest BCUT2D eigenvalue weighted by Gasteiger charge is -2.22. The molecule has 1 fully saturated rings. The van der Waals surface area contributed by atoms with Crippen molar-refractivity contribution in [1.29, 1.82) is 0 Å². The van der Waals surface area contributed by atoms with Gasteiger partial charge in [-0.05, 0) is 49.4 Å². The zero-order valence-electron chi connectivity index (χ0n) is 14.8. The van der Waals surface area contributed by atoms with E-state index in [1.54, 1.807) is 0 Å². The molecule has 25 heavy (non-hydrogen) atoms. The van der Waals surface area contributed by atoms with Crippen molar-refractivity contribution in [3.63, 3.8) is 0 Å². The summed E-state index contributed by atoms with van der Waals surface area (Å²) in [4.78, 5) is 12.3. The van der Waals surface area contributed by atoms with Crippen LogP contribution < -0.4 is 10.6 Å². The summed E-state index contributed by atoms with van der Waals surface area (Å²) in [5.41, 5.74) is 2.49. The second-order valence-corrected chi connectivity index (χ2v) is 6.91. The molecule has 3 rings (SSSR count). The van der Waals surface area contributed by atoms with Gasteiger partial charge in [-0.1, -0.05) is 60.7 Å². The third-order valence-corrected chi connectivity index (χ3v) is 5.15. The average Bonchev–Trinajstić information content (AvgIpc) is 2.69. The Morgan fingerprint density at radius 2 is 1.52 bits per heavy atom. The second kappa shape index (κ2) is 9.38. The lowest BCUT2D eigenvalue weighted by atomic mass is 9.91. The highest BCUT2D eigenvalue weighted by atomic mass is 16.1. The summed E-state index contributed by atoms with van der Waals surface area (Å²) < 4.78 is 0. The third kappa shape index (κ3) is 5.43. The molecule has 1 heterocycles. The maximum absolute atomic E-state index is 12.3. The van der Waals surface area contributed by atoms with Gasteiger partial charge in [0.15, 0.2) is 0 Å². The monoisotopic (exact) mass is 336 g/mol. The van der Waals surface area contributed by atoms with Crippen LogP contribution in [0.2, 0.25) is 0 Å². The fourth-order valence-electron chi connectivity index (χ4n) is 3.61. The fraction of sp³-hybridized carbons (Fsp3) is 0.409. The molecule has 0 aliphatic carbocycles. The lowest BCUT2D eigenvalue weighted by molar-refractivity contribution is -0.121. The summed E-state index contributed by atoms with van der Waals surface area (Å²) in [6.07, 6.45) is 4.05. The standard InChI is InChI=1S/C22H28N2O/c25-22(12-11-18-13-15-23-16-14-18)24-17-21(19-7-3-1-4-8-19)20-9-5-2-6-10-20/h1-10,18,21,23H,11-17H2,(H,24,25). The topological polar surface area (TPSA) is 41.1 Å². The van der Waals surface area contributed by atoms with E-state index in [0.717, 1.165) is 19.5 Å². The van der Waals surface area contributed by atoms with E-state index in [9.17, 15) is 4.79 Å². The minimum atomic E-state index is 0.176. The number of piperidine rings is 1. The highest BCUT2D eigenvalue weighted by molar-refractivity contribution is 5.76. The molecule has 0 spiro atoms. The zero-order valence-corrected chi connectivity index (χ0v) is 14.8. The predicted molar refractivity (Wildman–Crippen MR) is 103 cm³/mol. The van der Waals surface area contributed by atoms with Crippen LogP contribution in [0.15, 0.2) is 60.7 Å². The SMILES string of the molecule is O=C(CCC1CCNCC1)NCC(c1ccccc1)c1ccccc1. The van der Waals surface area contributed by atoms with Crippen molar-refractivity contribution in [2.45, 2.75) is 31.6 Å². The van der Waals surface area contributed by atoms with Crippen molar-refractivity contribution in [3.8, 4) is 0 Å². The Bertz CT molecular complexity index is 596. The first-order valence-electron chi connectivity index (χ1n) is 9.40. The van der Waals surface area contributed by atoms with E-state index >= 15 is 0 Å². The Hall–Kier alpha value is -2.13. The Kier molecular flexibility index (Phi) is 6.63. The molecular weight excluding hydrogens is 308 g/mol. The largest absolute Gasteiger partial charge is 0.355 e. The summed E-state index contributed by atoms with van der Waals surface area (Å²) in [6.45, 7) is 2.84. The molecule has 3 nitrogen and oxygen atoms in total. The van der Waals surface area contributed by atoms with Gasteiger partial charge in [-0.25, -0.2) is 0 Å². The van der Waals surface area contributed by atoms with Crippen molar-refractivity contribution in [2.24, 2.45) is 5.92 Å². The Morgan fingerprint density at radius 1 is 0.960 bits per heavy atom.